The molecule has 0 amide bonds. The zero-order chi connectivity index (χ0) is 12.1. The normalized spacial score (nSPS) is 29.6. The van der Waals surface area contributed by atoms with Crippen molar-refractivity contribution < 1.29 is 0 Å². The van der Waals surface area contributed by atoms with Gasteiger partial charge in [0, 0.05) is 44.8 Å². The number of piperazine rings is 1. The highest BCUT2D eigenvalue weighted by Gasteiger charge is 2.28. The molecule has 0 aromatic heterocycles. The summed E-state index contributed by atoms with van der Waals surface area (Å²) in [6, 6.07) is 1.64. The van der Waals surface area contributed by atoms with Gasteiger partial charge in [-0.05, 0) is 26.8 Å². The summed E-state index contributed by atoms with van der Waals surface area (Å²) in [5.41, 5.74) is 0. The SMILES string of the molecule is CNCCN1CCN(C2CCCCC2)CC1C. The molecule has 0 aromatic rings. The molecular weight excluding hydrogens is 210 g/mol. The van der Waals surface area contributed by atoms with Gasteiger partial charge >= 0.3 is 0 Å². The largest absolute Gasteiger partial charge is 0.318 e. The smallest absolute Gasteiger partial charge is 0.0196 e. The molecule has 0 bridgehead atoms. The lowest BCUT2D eigenvalue weighted by Gasteiger charge is -2.44. The van der Waals surface area contributed by atoms with E-state index in [0.717, 1.165) is 18.6 Å². The minimum Gasteiger partial charge on any atom is -0.318 e. The van der Waals surface area contributed by atoms with Gasteiger partial charge in [0.05, 0.1) is 0 Å². The lowest BCUT2D eigenvalue weighted by molar-refractivity contribution is 0.0443. The van der Waals surface area contributed by atoms with E-state index >= 15 is 0 Å². The molecule has 1 N–H and O–H groups in total. The summed E-state index contributed by atoms with van der Waals surface area (Å²) in [6.07, 6.45) is 7.28. The standard InChI is InChI=1S/C14H29N3/c1-13-12-17(14-6-4-3-5-7-14)11-10-16(13)9-8-15-2/h13-15H,3-12H2,1-2H3. The van der Waals surface area contributed by atoms with Gasteiger partial charge in [0.15, 0.2) is 0 Å². The predicted molar refractivity (Wildman–Crippen MR) is 73.4 cm³/mol. The van der Waals surface area contributed by atoms with E-state index in [0.29, 0.717) is 0 Å². The average Bonchev–Trinajstić information content (AvgIpc) is 2.38. The van der Waals surface area contributed by atoms with Crippen LogP contribution < -0.4 is 5.32 Å². The second-order valence-corrected chi connectivity index (χ2v) is 5.78. The van der Waals surface area contributed by atoms with Gasteiger partial charge < -0.3 is 5.32 Å². The summed E-state index contributed by atoms with van der Waals surface area (Å²) < 4.78 is 0. The molecule has 1 saturated heterocycles. The van der Waals surface area contributed by atoms with E-state index in [1.807, 2.05) is 7.05 Å². The number of rotatable bonds is 4. The Bertz CT molecular complexity index is 214. The molecule has 17 heavy (non-hydrogen) atoms. The highest BCUT2D eigenvalue weighted by molar-refractivity contribution is 4.85. The van der Waals surface area contributed by atoms with Crippen LogP contribution in [0.2, 0.25) is 0 Å². The first-order valence-corrected chi connectivity index (χ1v) is 7.44. The molecule has 2 fully saturated rings. The van der Waals surface area contributed by atoms with Crippen molar-refractivity contribution in [3.05, 3.63) is 0 Å². The number of hydrogen-bond donors (Lipinski definition) is 1. The van der Waals surface area contributed by atoms with Gasteiger partial charge in [-0.2, -0.15) is 0 Å². The first kappa shape index (κ1) is 13.3. The maximum atomic E-state index is 3.25. The van der Waals surface area contributed by atoms with Crippen LogP contribution in [-0.4, -0.2) is 61.7 Å². The van der Waals surface area contributed by atoms with E-state index in [-0.39, 0.29) is 0 Å². The van der Waals surface area contributed by atoms with Crippen LogP contribution in [0.1, 0.15) is 39.0 Å². The quantitative estimate of drug-likeness (QED) is 0.803. The van der Waals surface area contributed by atoms with Crippen LogP contribution in [0.5, 0.6) is 0 Å². The Labute approximate surface area is 107 Å². The molecule has 3 nitrogen and oxygen atoms in total. The highest BCUT2D eigenvalue weighted by atomic mass is 15.3. The van der Waals surface area contributed by atoms with Gasteiger partial charge in [0.25, 0.3) is 0 Å². The maximum absolute atomic E-state index is 3.25. The van der Waals surface area contributed by atoms with Crippen molar-refractivity contribution in [2.75, 3.05) is 39.8 Å². The summed E-state index contributed by atoms with van der Waals surface area (Å²) in [4.78, 5) is 5.40. The van der Waals surface area contributed by atoms with Crippen LogP contribution in [0.25, 0.3) is 0 Å². The van der Waals surface area contributed by atoms with Crippen LogP contribution >= 0.6 is 0 Å². The fourth-order valence-corrected chi connectivity index (χ4v) is 3.39. The lowest BCUT2D eigenvalue weighted by atomic mass is 9.93. The van der Waals surface area contributed by atoms with Crippen LogP contribution in [0, 0.1) is 0 Å². The number of hydrogen-bond acceptors (Lipinski definition) is 3. The number of nitrogens with one attached hydrogen (secondary N) is 1. The molecule has 0 spiro atoms. The van der Waals surface area contributed by atoms with Crippen molar-refractivity contribution in [2.45, 2.75) is 51.1 Å². The van der Waals surface area contributed by atoms with Gasteiger partial charge in [0.1, 0.15) is 0 Å². The number of likely N-dealkylation sites (N-methyl/N-ethyl adjacent to an activating group) is 1. The molecule has 1 heterocycles. The fourth-order valence-electron chi connectivity index (χ4n) is 3.39. The fraction of sp³-hybridized carbons (Fsp3) is 1.00. The van der Waals surface area contributed by atoms with Crippen LogP contribution in [-0.2, 0) is 0 Å². The molecule has 0 aromatic carbocycles. The molecule has 1 unspecified atom stereocenters. The molecule has 0 radical (unpaired) electrons. The Morgan fingerprint density at radius 1 is 1.12 bits per heavy atom. The predicted octanol–water partition coefficient (Wildman–Crippen LogP) is 1.54. The van der Waals surface area contributed by atoms with E-state index in [1.54, 1.807) is 0 Å². The second kappa shape index (κ2) is 6.72. The Balaban J connectivity index is 1.77. The van der Waals surface area contributed by atoms with Crippen molar-refractivity contribution in [1.29, 1.82) is 0 Å². The van der Waals surface area contributed by atoms with Crippen molar-refractivity contribution in [3.63, 3.8) is 0 Å². The van der Waals surface area contributed by atoms with E-state index in [2.05, 4.69) is 22.0 Å². The van der Waals surface area contributed by atoms with Crippen LogP contribution in [0.15, 0.2) is 0 Å². The summed E-state index contributed by atoms with van der Waals surface area (Å²) in [5, 5.41) is 3.25. The highest BCUT2D eigenvalue weighted by Crippen LogP contribution is 2.24. The Hall–Kier alpha value is -0.120. The Morgan fingerprint density at radius 3 is 2.53 bits per heavy atom. The van der Waals surface area contributed by atoms with E-state index in [4.69, 9.17) is 0 Å². The zero-order valence-electron chi connectivity index (χ0n) is 11.6. The minimum absolute atomic E-state index is 0.735. The summed E-state index contributed by atoms with van der Waals surface area (Å²) >= 11 is 0. The minimum atomic E-state index is 0.735. The maximum Gasteiger partial charge on any atom is 0.0196 e. The molecule has 1 aliphatic carbocycles. The monoisotopic (exact) mass is 239 g/mol. The van der Waals surface area contributed by atoms with Crippen molar-refractivity contribution in [2.24, 2.45) is 0 Å². The van der Waals surface area contributed by atoms with Crippen molar-refractivity contribution in [3.8, 4) is 0 Å². The van der Waals surface area contributed by atoms with Gasteiger partial charge in [-0.1, -0.05) is 19.3 Å². The molecule has 2 rings (SSSR count). The Kier molecular flexibility index (Phi) is 5.26. The molecule has 100 valence electrons. The summed E-state index contributed by atoms with van der Waals surface area (Å²) in [5.74, 6) is 0. The van der Waals surface area contributed by atoms with E-state index in [9.17, 15) is 0 Å². The van der Waals surface area contributed by atoms with Gasteiger partial charge in [0.2, 0.25) is 0 Å². The van der Waals surface area contributed by atoms with Crippen LogP contribution in [0.3, 0.4) is 0 Å². The third kappa shape index (κ3) is 3.67. The van der Waals surface area contributed by atoms with Crippen LogP contribution in [0.4, 0.5) is 0 Å². The lowest BCUT2D eigenvalue weighted by Crippen LogP contribution is -2.56. The molecular formula is C14H29N3. The van der Waals surface area contributed by atoms with E-state index < -0.39 is 0 Å². The zero-order valence-corrected chi connectivity index (χ0v) is 11.6. The molecule has 1 aliphatic heterocycles. The third-order valence-electron chi connectivity index (χ3n) is 4.54. The summed E-state index contributed by atoms with van der Waals surface area (Å²) in [6.45, 7) is 8.56. The van der Waals surface area contributed by atoms with Crippen molar-refractivity contribution in [1.82, 2.24) is 15.1 Å². The molecule has 2 aliphatic rings. The van der Waals surface area contributed by atoms with Gasteiger partial charge in [-0.25, -0.2) is 0 Å². The molecule has 3 heteroatoms. The average molecular weight is 239 g/mol. The van der Waals surface area contributed by atoms with Gasteiger partial charge in [-0.3, -0.25) is 9.80 Å². The molecule has 1 atom stereocenters. The van der Waals surface area contributed by atoms with E-state index in [1.165, 1.54) is 58.3 Å². The van der Waals surface area contributed by atoms with Crippen molar-refractivity contribution >= 4 is 0 Å². The second-order valence-electron chi connectivity index (χ2n) is 5.78. The molecule has 1 saturated carbocycles. The third-order valence-corrected chi connectivity index (χ3v) is 4.54. The number of nitrogens with zero attached hydrogens (tertiary/aromatic N) is 2. The first-order chi connectivity index (χ1) is 8.31. The summed E-state index contributed by atoms with van der Waals surface area (Å²) in [7, 11) is 2.04. The van der Waals surface area contributed by atoms with Gasteiger partial charge in [-0.15, -0.1) is 0 Å². The first-order valence-electron chi connectivity index (χ1n) is 7.44. The Morgan fingerprint density at radius 2 is 1.88 bits per heavy atom. The topological polar surface area (TPSA) is 18.5 Å².